The minimum Gasteiger partial charge on any atom is -0.495 e. The van der Waals surface area contributed by atoms with E-state index in [1.807, 2.05) is 36.4 Å². The van der Waals surface area contributed by atoms with E-state index in [9.17, 15) is 4.39 Å². The zero-order valence-corrected chi connectivity index (χ0v) is 23.2. The van der Waals surface area contributed by atoms with E-state index < -0.39 is 6.86 Å². The number of benzene rings is 3. The molecule has 0 amide bonds. The molecule has 0 unspecified atom stereocenters. The smallest absolute Gasteiger partial charge is 0.228 e. The van der Waals surface area contributed by atoms with Crippen LogP contribution in [0.4, 0.5) is 4.39 Å². The number of rotatable bonds is 11. The largest absolute Gasteiger partial charge is 0.495 e. The van der Waals surface area contributed by atoms with Crippen LogP contribution in [-0.2, 0) is 19.6 Å². The van der Waals surface area contributed by atoms with Crippen LogP contribution in [0, 0.1) is 0 Å². The summed E-state index contributed by atoms with van der Waals surface area (Å²) in [5.41, 5.74) is 11.6. The van der Waals surface area contributed by atoms with Gasteiger partial charge in [-0.1, -0.05) is 41.9 Å². The molecular formula is C31H36ClFN4O2. The number of halogens is 2. The Morgan fingerprint density at radius 1 is 0.949 bits per heavy atom. The van der Waals surface area contributed by atoms with E-state index in [0.717, 1.165) is 74.7 Å². The predicted octanol–water partition coefficient (Wildman–Crippen LogP) is 5.94. The second-order valence-electron chi connectivity index (χ2n) is 9.99. The molecule has 39 heavy (non-hydrogen) atoms. The SMILES string of the molecule is COc1cccc(CN2CCN(Cc3ccc4c(c3)c(-c3ccc(OCF)cc3)cn4CCCN)CC2)c1Cl. The molecular weight excluding hydrogens is 515 g/mol. The first kappa shape index (κ1) is 27.5. The zero-order valence-electron chi connectivity index (χ0n) is 22.4. The molecule has 1 aliphatic heterocycles. The van der Waals surface area contributed by atoms with E-state index in [-0.39, 0.29) is 0 Å². The Balaban J connectivity index is 1.30. The van der Waals surface area contributed by atoms with Crippen molar-refractivity contribution >= 4 is 22.5 Å². The molecule has 3 aromatic carbocycles. The summed E-state index contributed by atoms with van der Waals surface area (Å²) in [7, 11) is 1.65. The number of aromatic nitrogens is 1. The molecule has 0 aliphatic carbocycles. The Morgan fingerprint density at radius 3 is 2.38 bits per heavy atom. The lowest BCUT2D eigenvalue weighted by Gasteiger charge is -2.35. The number of piperazine rings is 1. The van der Waals surface area contributed by atoms with Crippen molar-refractivity contribution in [3.63, 3.8) is 0 Å². The standard InChI is InChI=1S/C31H36ClFN4O2/c1-38-30-5-2-4-25(31(30)32)20-36-16-14-35(15-17-36)19-23-6-11-29-27(18-23)28(21-37(29)13-3-12-34)24-7-9-26(10-8-24)39-22-33/h2,4-11,18,21H,3,12-17,19-20,22,34H2,1H3. The van der Waals surface area contributed by atoms with Gasteiger partial charge in [0.1, 0.15) is 11.5 Å². The van der Waals surface area contributed by atoms with Crippen LogP contribution in [0.1, 0.15) is 17.5 Å². The lowest BCUT2D eigenvalue weighted by atomic mass is 10.0. The predicted molar refractivity (Wildman–Crippen MR) is 156 cm³/mol. The Kier molecular flexibility index (Phi) is 9.04. The zero-order chi connectivity index (χ0) is 27.2. The van der Waals surface area contributed by atoms with E-state index in [1.165, 1.54) is 16.5 Å². The molecule has 1 saturated heterocycles. The molecule has 0 bridgehead atoms. The minimum atomic E-state index is -0.829. The van der Waals surface area contributed by atoms with E-state index in [2.05, 4.69) is 44.8 Å². The average Bonchev–Trinajstić information content (AvgIpc) is 3.32. The number of hydrogen-bond acceptors (Lipinski definition) is 5. The molecule has 5 rings (SSSR count). The van der Waals surface area contributed by atoms with Crippen molar-refractivity contribution in [1.29, 1.82) is 0 Å². The van der Waals surface area contributed by atoms with Gasteiger partial charge in [0, 0.05) is 68.5 Å². The Labute approximate surface area is 234 Å². The van der Waals surface area contributed by atoms with E-state index in [4.69, 9.17) is 26.8 Å². The van der Waals surface area contributed by atoms with Gasteiger partial charge in [0.05, 0.1) is 12.1 Å². The van der Waals surface area contributed by atoms with Crippen molar-refractivity contribution < 1.29 is 13.9 Å². The molecule has 0 spiro atoms. The number of fused-ring (bicyclic) bond motifs is 1. The second kappa shape index (κ2) is 12.8. The number of nitrogens with zero attached hydrogens (tertiary/aromatic N) is 3. The fourth-order valence-corrected chi connectivity index (χ4v) is 5.62. The van der Waals surface area contributed by atoms with Crippen molar-refractivity contribution in [2.45, 2.75) is 26.1 Å². The van der Waals surface area contributed by atoms with Crippen LogP contribution < -0.4 is 15.2 Å². The normalized spacial score (nSPS) is 14.7. The van der Waals surface area contributed by atoms with Crippen molar-refractivity contribution in [3.8, 4) is 22.6 Å². The molecule has 0 saturated carbocycles. The second-order valence-corrected chi connectivity index (χ2v) is 10.4. The van der Waals surface area contributed by atoms with Crippen molar-refractivity contribution in [2.75, 3.05) is 46.7 Å². The van der Waals surface area contributed by atoms with E-state index >= 15 is 0 Å². The first-order valence-corrected chi connectivity index (χ1v) is 13.8. The van der Waals surface area contributed by atoms with Crippen LogP contribution in [0.2, 0.25) is 5.02 Å². The summed E-state index contributed by atoms with van der Waals surface area (Å²) >= 11 is 6.53. The van der Waals surface area contributed by atoms with Crippen LogP contribution >= 0.6 is 11.6 Å². The highest BCUT2D eigenvalue weighted by Gasteiger charge is 2.19. The maximum absolute atomic E-state index is 12.6. The number of aryl methyl sites for hydroxylation is 1. The molecule has 1 aromatic heterocycles. The van der Waals surface area contributed by atoms with Crippen LogP contribution in [0.25, 0.3) is 22.0 Å². The van der Waals surface area contributed by atoms with Crippen molar-refractivity contribution in [1.82, 2.24) is 14.4 Å². The summed E-state index contributed by atoms with van der Waals surface area (Å²) in [6, 6.07) is 20.4. The third-order valence-corrected chi connectivity index (χ3v) is 7.89. The third kappa shape index (κ3) is 6.39. The van der Waals surface area contributed by atoms with Gasteiger partial charge < -0.3 is 19.8 Å². The molecule has 8 heteroatoms. The van der Waals surface area contributed by atoms with Crippen LogP contribution in [0.15, 0.2) is 66.9 Å². The first-order valence-electron chi connectivity index (χ1n) is 13.5. The maximum Gasteiger partial charge on any atom is 0.228 e. The van der Waals surface area contributed by atoms with Gasteiger partial charge in [0.25, 0.3) is 0 Å². The van der Waals surface area contributed by atoms with Gasteiger partial charge >= 0.3 is 0 Å². The molecule has 4 aromatic rings. The fourth-order valence-electron chi connectivity index (χ4n) is 5.35. The van der Waals surface area contributed by atoms with Gasteiger partial charge in [-0.05, 0) is 60.0 Å². The van der Waals surface area contributed by atoms with E-state index in [1.54, 1.807) is 7.11 Å². The molecule has 2 N–H and O–H groups in total. The molecule has 6 nitrogen and oxygen atoms in total. The quantitative estimate of drug-likeness (QED) is 0.250. The van der Waals surface area contributed by atoms with Crippen molar-refractivity contribution in [3.05, 3.63) is 83.0 Å². The van der Waals surface area contributed by atoms with Crippen LogP contribution in [0.5, 0.6) is 11.5 Å². The van der Waals surface area contributed by atoms with Gasteiger partial charge in [-0.25, -0.2) is 4.39 Å². The average molecular weight is 551 g/mol. The monoisotopic (exact) mass is 550 g/mol. The van der Waals surface area contributed by atoms with Crippen molar-refractivity contribution in [2.24, 2.45) is 5.73 Å². The summed E-state index contributed by atoms with van der Waals surface area (Å²) in [5.74, 6) is 1.25. The summed E-state index contributed by atoms with van der Waals surface area (Å²) in [6.07, 6.45) is 3.12. The highest BCUT2D eigenvalue weighted by atomic mass is 35.5. The number of alkyl halides is 1. The molecule has 2 heterocycles. The van der Waals surface area contributed by atoms with Crippen LogP contribution in [-0.4, -0.2) is 61.1 Å². The number of methoxy groups -OCH3 is 1. The summed E-state index contributed by atoms with van der Waals surface area (Å²) < 4.78 is 25.2. The summed E-state index contributed by atoms with van der Waals surface area (Å²) in [6.45, 7) is 6.40. The Morgan fingerprint density at radius 2 is 1.69 bits per heavy atom. The van der Waals surface area contributed by atoms with Gasteiger partial charge in [0.2, 0.25) is 6.86 Å². The lowest BCUT2D eigenvalue weighted by Crippen LogP contribution is -2.45. The summed E-state index contributed by atoms with van der Waals surface area (Å²) in [4.78, 5) is 4.96. The minimum absolute atomic E-state index is 0.529. The number of nitrogens with two attached hydrogens (primary N) is 1. The molecule has 1 aliphatic rings. The number of hydrogen-bond donors (Lipinski definition) is 1. The van der Waals surface area contributed by atoms with Gasteiger partial charge in [-0.3, -0.25) is 9.80 Å². The fraction of sp³-hybridized carbons (Fsp3) is 0.355. The topological polar surface area (TPSA) is 55.9 Å². The molecule has 1 fully saturated rings. The van der Waals surface area contributed by atoms with Gasteiger partial charge in [-0.15, -0.1) is 0 Å². The molecule has 0 radical (unpaired) electrons. The third-order valence-electron chi connectivity index (χ3n) is 7.46. The van der Waals surface area contributed by atoms with Crippen LogP contribution in [0.3, 0.4) is 0 Å². The molecule has 206 valence electrons. The van der Waals surface area contributed by atoms with E-state index in [0.29, 0.717) is 17.3 Å². The highest BCUT2D eigenvalue weighted by molar-refractivity contribution is 6.32. The first-order chi connectivity index (χ1) is 19.1. The Bertz CT molecular complexity index is 1380. The van der Waals surface area contributed by atoms with Gasteiger partial charge in [-0.2, -0.15) is 0 Å². The highest BCUT2D eigenvalue weighted by Crippen LogP contribution is 2.33. The maximum atomic E-state index is 12.6. The Hall–Kier alpha value is -3.10. The van der Waals surface area contributed by atoms with Gasteiger partial charge in [0.15, 0.2) is 0 Å². The lowest BCUT2D eigenvalue weighted by molar-refractivity contribution is 0.122. The number of ether oxygens (including phenoxy) is 2. The summed E-state index contributed by atoms with van der Waals surface area (Å²) in [5, 5.41) is 1.92. The molecule has 0 atom stereocenters.